The number of hydrogen-bond donors (Lipinski definition) is 1. The highest BCUT2D eigenvalue weighted by molar-refractivity contribution is 5.90. The van der Waals surface area contributed by atoms with E-state index in [9.17, 15) is 9.59 Å². The summed E-state index contributed by atoms with van der Waals surface area (Å²) in [4.78, 5) is 24.1. The van der Waals surface area contributed by atoms with Gasteiger partial charge in [0.15, 0.2) is 18.1 Å². The molecule has 28 heavy (non-hydrogen) atoms. The third-order valence-corrected chi connectivity index (χ3v) is 4.19. The molecule has 0 saturated heterocycles. The summed E-state index contributed by atoms with van der Waals surface area (Å²) in [6, 6.07) is 14.5. The standard InChI is InChI=1S/C22H27NO5/c1-15(2)12-18(16-8-6-5-7-9-16)23-21(24)14-28-19-11-10-17(22(25)27-4)13-20(19)26-3/h5-11,13,15,18H,12,14H2,1-4H3,(H,23,24)/t18-/m1/s1. The fourth-order valence-electron chi connectivity index (χ4n) is 2.85. The smallest absolute Gasteiger partial charge is 0.337 e. The van der Waals surface area contributed by atoms with Gasteiger partial charge in [0, 0.05) is 0 Å². The Morgan fingerprint density at radius 1 is 1.00 bits per heavy atom. The van der Waals surface area contributed by atoms with Gasteiger partial charge in [0.1, 0.15) is 0 Å². The summed E-state index contributed by atoms with van der Waals surface area (Å²) in [5.41, 5.74) is 1.40. The Bertz CT molecular complexity index is 789. The van der Waals surface area contributed by atoms with Crippen LogP contribution in [0.4, 0.5) is 0 Å². The van der Waals surface area contributed by atoms with Crippen molar-refractivity contribution in [2.24, 2.45) is 5.92 Å². The maximum Gasteiger partial charge on any atom is 0.337 e. The molecule has 0 aliphatic rings. The predicted molar refractivity (Wildman–Crippen MR) is 107 cm³/mol. The average Bonchev–Trinajstić information content (AvgIpc) is 2.71. The number of benzene rings is 2. The molecular formula is C22H27NO5. The lowest BCUT2D eigenvalue weighted by Gasteiger charge is -2.21. The largest absolute Gasteiger partial charge is 0.493 e. The Hall–Kier alpha value is -3.02. The zero-order valence-corrected chi connectivity index (χ0v) is 16.7. The first-order chi connectivity index (χ1) is 13.4. The van der Waals surface area contributed by atoms with Crippen LogP contribution >= 0.6 is 0 Å². The first kappa shape index (κ1) is 21.3. The van der Waals surface area contributed by atoms with E-state index in [2.05, 4.69) is 19.2 Å². The van der Waals surface area contributed by atoms with Crippen LogP contribution < -0.4 is 14.8 Å². The number of amides is 1. The van der Waals surface area contributed by atoms with Crippen molar-refractivity contribution < 1.29 is 23.8 Å². The molecule has 0 unspecified atom stereocenters. The maximum atomic E-state index is 12.5. The van der Waals surface area contributed by atoms with Crippen LogP contribution in [0.1, 0.15) is 42.2 Å². The summed E-state index contributed by atoms with van der Waals surface area (Å²) in [5.74, 6) is 0.468. The zero-order chi connectivity index (χ0) is 20.5. The lowest BCUT2D eigenvalue weighted by atomic mass is 9.97. The van der Waals surface area contributed by atoms with Crippen molar-refractivity contribution in [3.63, 3.8) is 0 Å². The Kier molecular flexibility index (Phi) is 7.87. The van der Waals surface area contributed by atoms with Crippen LogP contribution in [0.5, 0.6) is 11.5 Å². The number of ether oxygens (including phenoxy) is 3. The molecule has 0 spiro atoms. The molecule has 6 heteroatoms. The van der Waals surface area contributed by atoms with Gasteiger partial charge in [-0.1, -0.05) is 44.2 Å². The topological polar surface area (TPSA) is 73.9 Å². The summed E-state index contributed by atoms with van der Waals surface area (Å²) >= 11 is 0. The molecule has 2 aromatic carbocycles. The van der Waals surface area contributed by atoms with Crippen LogP contribution in [0, 0.1) is 5.92 Å². The molecule has 0 bridgehead atoms. The van der Waals surface area contributed by atoms with Crippen LogP contribution in [0.2, 0.25) is 0 Å². The second-order valence-electron chi connectivity index (χ2n) is 6.81. The first-order valence-electron chi connectivity index (χ1n) is 9.18. The van der Waals surface area contributed by atoms with Gasteiger partial charge in [-0.05, 0) is 36.1 Å². The van der Waals surface area contributed by atoms with Crippen molar-refractivity contribution >= 4 is 11.9 Å². The number of hydrogen-bond acceptors (Lipinski definition) is 5. The van der Waals surface area contributed by atoms with Crippen molar-refractivity contribution in [3.05, 3.63) is 59.7 Å². The zero-order valence-electron chi connectivity index (χ0n) is 16.7. The Balaban J connectivity index is 2.03. The number of methoxy groups -OCH3 is 2. The van der Waals surface area contributed by atoms with Gasteiger partial charge >= 0.3 is 5.97 Å². The van der Waals surface area contributed by atoms with Gasteiger partial charge in [0.25, 0.3) is 5.91 Å². The van der Waals surface area contributed by atoms with Gasteiger partial charge in [0.2, 0.25) is 0 Å². The van der Waals surface area contributed by atoms with Crippen molar-refractivity contribution in [3.8, 4) is 11.5 Å². The van der Waals surface area contributed by atoms with E-state index in [4.69, 9.17) is 14.2 Å². The Morgan fingerprint density at radius 3 is 2.32 bits per heavy atom. The minimum absolute atomic E-state index is 0.0825. The van der Waals surface area contributed by atoms with Gasteiger partial charge in [0.05, 0.1) is 25.8 Å². The second kappa shape index (κ2) is 10.3. The third kappa shape index (κ3) is 6.01. The van der Waals surface area contributed by atoms with E-state index >= 15 is 0 Å². The quantitative estimate of drug-likeness (QED) is 0.665. The Labute approximate surface area is 165 Å². The molecule has 0 aliphatic carbocycles. The normalized spacial score (nSPS) is 11.6. The molecule has 0 saturated carbocycles. The summed E-state index contributed by atoms with van der Waals surface area (Å²) < 4.78 is 15.6. The Morgan fingerprint density at radius 2 is 1.71 bits per heavy atom. The fourth-order valence-corrected chi connectivity index (χ4v) is 2.85. The number of carbonyl (C=O) groups excluding carboxylic acids is 2. The van der Waals surface area contributed by atoms with Gasteiger partial charge in [-0.15, -0.1) is 0 Å². The van der Waals surface area contributed by atoms with Gasteiger partial charge in [-0.25, -0.2) is 4.79 Å². The van der Waals surface area contributed by atoms with Gasteiger partial charge < -0.3 is 19.5 Å². The van der Waals surface area contributed by atoms with E-state index in [1.807, 2.05) is 30.3 Å². The molecule has 0 heterocycles. The van der Waals surface area contributed by atoms with E-state index in [0.717, 1.165) is 12.0 Å². The average molecular weight is 385 g/mol. The maximum absolute atomic E-state index is 12.5. The second-order valence-corrected chi connectivity index (χ2v) is 6.81. The summed E-state index contributed by atoms with van der Waals surface area (Å²) in [6.45, 7) is 4.08. The monoisotopic (exact) mass is 385 g/mol. The molecule has 0 aromatic heterocycles. The number of carbonyl (C=O) groups is 2. The van der Waals surface area contributed by atoms with Crippen LogP contribution in [0.25, 0.3) is 0 Å². The van der Waals surface area contributed by atoms with Crippen LogP contribution in [-0.2, 0) is 9.53 Å². The summed E-state index contributed by atoms with van der Waals surface area (Å²) in [7, 11) is 2.78. The third-order valence-electron chi connectivity index (χ3n) is 4.19. The molecule has 0 radical (unpaired) electrons. The minimum Gasteiger partial charge on any atom is -0.493 e. The first-order valence-corrected chi connectivity index (χ1v) is 9.18. The molecule has 2 aromatic rings. The lowest BCUT2D eigenvalue weighted by Crippen LogP contribution is -2.33. The molecule has 6 nitrogen and oxygen atoms in total. The van der Waals surface area contributed by atoms with Crippen molar-refractivity contribution in [2.45, 2.75) is 26.3 Å². The number of rotatable bonds is 9. The van der Waals surface area contributed by atoms with Crippen molar-refractivity contribution in [1.82, 2.24) is 5.32 Å². The van der Waals surface area contributed by atoms with Crippen LogP contribution in [0.3, 0.4) is 0 Å². The van der Waals surface area contributed by atoms with Crippen LogP contribution in [-0.4, -0.2) is 32.7 Å². The molecular weight excluding hydrogens is 358 g/mol. The van der Waals surface area contributed by atoms with Gasteiger partial charge in [-0.3, -0.25) is 4.79 Å². The number of esters is 1. The number of nitrogens with one attached hydrogen (secondary N) is 1. The fraction of sp³-hybridized carbons (Fsp3) is 0.364. The molecule has 1 amide bonds. The van der Waals surface area contributed by atoms with Crippen LogP contribution in [0.15, 0.2) is 48.5 Å². The summed E-state index contributed by atoms with van der Waals surface area (Å²) in [5, 5.41) is 3.03. The van der Waals surface area contributed by atoms with Gasteiger partial charge in [-0.2, -0.15) is 0 Å². The lowest BCUT2D eigenvalue weighted by molar-refractivity contribution is -0.124. The highest BCUT2D eigenvalue weighted by atomic mass is 16.5. The van der Waals surface area contributed by atoms with E-state index in [0.29, 0.717) is 23.0 Å². The highest BCUT2D eigenvalue weighted by Crippen LogP contribution is 2.28. The SMILES string of the molecule is COC(=O)c1ccc(OCC(=O)N[C@H](CC(C)C)c2ccccc2)c(OC)c1. The minimum atomic E-state index is -0.470. The summed E-state index contributed by atoms with van der Waals surface area (Å²) in [6.07, 6.45) is 0.826. The van der Waals surface area contributed by atoms with E-state index in [-0.39, 0.29) is 18.6 Å². The van der Waals surface area contributed by atoms with Crippen molar-refractivity contribution in [2.75, 3.05) is 20.8 Å². The molecule has 150 valence electrons. The van der Waals surface area contributed by atoms with E-state index < -0.39 is 5.97 Å². The molecule has 0 fully saturated rings. The van der Waals surface area contributed by atoms with E-state index in [1.165, 1.54) is 20.3 Å². The molecule has 1 N–H and O–H groups in total. The molecule has 1 atom stereocenters. The predicted octanol–water partition coefficient (Wildman–Crippen LogP) is 3.76. The molecule has 0 aliphatic heterocycles. The van der Waals surface area contributed by atoms with Crippen molar-refractivity contribution in [1.29, 1.82) is 0 Å². The highest BCUT2D eigenvalue weighted by Gasteiger charge is 2.17. The molecule has 2 rings (SSSR count). The van der Waals surface area contributed by atoms with E-state index in [1.54, 1.807) is 12.1 Å².